The summed E-state index contributed by atoms with van der Waals surface area (Å²) in [5.41, 5.74) is 3.93. The number of fused-ring (bicyclic) bond motifs is 1. The minimum atomic E-state index is -0.0336. The zero-order valence-corrected chi connectivity index (χ0v) is 15.0. The molecule has 0 saturated heterocycles. The van der Waals surface area contributed by atoms with Crippen molar-refractivity contribution in [2.75, 3.05) is 5.32 Å². The van der Waals surface area contributed by atoms with Crippen LogP contribution in [0.2, 0.25) is 0 Å². The molecule has 0 aliphatic carbocycles. The highest BCUT2D eigenvalue weighted by molar-refractivity contribution is 5.82. The molecule has 0 spiro atoms. The summed E-state index contributed by atoms with van der Waals surface area (Å²) in [6, 6.07) is 11.1. The fourth-order valence-corrected chi connectivity index (χ4v) is 2.74. The normalized spacial score (nSPS) is 11.1. The monoisotopic (exact) mass is 358 g/mol. The highest BCUT2D eigenvalue weighted by Gasteiger charge is 2.09. The van der Waals surface area contributed by atoms with Gasteiger partial charge in [0.25, 0.3) is 0 Å². The van der Waals surface area contributed by atoms with Crippen LogP contribution < -0.4 is 5.32 Å². The van der Waals surface area contributed by atoms with Crippen LogP contribution in [0.1, 0.15) is 25.3 Å². The van der Waals surface area contributed by atoms with E-state index in [1.807, 2.05) is 24.3 Å². The fourth-order valence-electron chi connectivity index (χ4n) is 2.74. The summed E-state index contributed by atoms with van der Waals surface area (Å²) in [6.45, 7) is 4.21. The predicted molar refractivity (Wildman–Crippen MR) is 104 cm³/mol. The lowest BCUT2D eigenvalue weighted by Gasteiger charge is -2.09. The smallest absolute Gasteiger partial charge is 0.218 e. The van der Waals surface area contributed by atoms with Gasteiger partial charge >= 0.3 is 0 Å². The molecule has 0 atom stereocenters. The Labute approximate surface area is 156 Å². The maximum absolute atomic E-state index is 9.97. The Kier molecular flexibility index (Phi) is 4.33. The van der Waals surface area contributed by atoms with Crippen molar-refractivity contribution in [3.05, 3.63) is 60.6 Å². The third-order valence-corrected chi connectivity index (χ3v) is 4.23. The molecule has 0 saturated carbocycles. The van der Waals surface area contributed by atoms with Crippen LogP contribution >= 0.6 is 0 Å². The summed E-state index contributed by atoms with van der Waals surface area (Å²) in [7, 11) is 0. The minimum Gasteiger partial charge on any atom is -0.493 e. The van der Waals surface area contributed by atoms with Crippen molar-refractivity contribution >= 4 is 22.7 Å². The maximum Gasteiger partial charge on any atom is 0.218 e. The van der Waals surface area contributed by atoms with Gasteiger partial charge in [0.15, 0.2) is 5.82 Å². The lowest BCUT2D eigenvalue weighted by Crippen LogP contribution is -2.00. The Morgan fingerprint density at radius 3 is 2.67 bits per heavy atom. The lowest BCUT2D eigenvalue weighted by molar-refractivity contribution is 0.455. The van der Waals surface area contributed by atoms with Gasteiger partial charge < -0.3 is 10.4 Å². The van der Waals surface area contributed by atoms with E-state index < -0.39 is 0 Å². The molecule has 4 aromatic heterocycles. The zero-order chi connectivity index (χ0) is 18.8. The number of rotatable bonds is 4. The molecule has 0 aromatic carbocycles. The second-order valence-electron chi connectivity index (χ2n) is 6.49. The maximum atomic E-state index is 9.97. The van der Waals surface area contributed by atoms with Crippen LogP contribution in [0.3, 0.4) is 0 Å². The van der Waals surface area contributed by atoms with Gasteiger partial charge in [0.2, 0.25) is 5.88 Å². The van der Waals surface area contributed by atoms with Crippen LogP contribution in [0.5, 0.6) is 5.88 Å². The van der Waals surface area contributed by atoms with Crippen molar-refractivity contribution in [3.63, 3.8) is 0 Å². The molecule has 0 fully saturated rings. The lowest BCUT2D eigenvalue weighted by atomic mass is 10.1. The van der Waals surface area contributed by atoms with Crippen molar-refractivity contribution in [1.29, 1.82) is 0 Å². The van der Waals surface area contributed by atoms with Crippen LogP contribution in [0, 0.1) is 0 Å². The summed E-state index contributed by atoms with van der Waals surface area (Å²) in [5.74, 6) is 1.62. The molecule has 134 valence electrons. The summed E-state index contributed by atoms with van der Waals surface area (Å²) in [5, 5.41) is 21.3. The van der Waals surface area contributed by atoms with Gasteiger partial charge in [-0.15, -0.1) is 5.10 Å². The van der Waals surface area contributed by atoms with Gasteiger partial charge in [-0.05, 0) is 47.9 Å². The standard InChI is InChI=1S/C20H18N6O/c1-12(2)13-9-19(26-23-11-13)25-18-6-5-16-17(24-18)8-14(10-22-16)15-4-3-7-21-20(15)27/h3-12H,1-2H3,(H,21,27)(H,24,25,26). The van der Waals surface area contributed by atoms with Gasteiger partial charge in [-0.25, -0.2) is 9.97 Å². The first kappa shape index (κ1) is 16.8. The molecule has 4 heterocycles. The summed E-state index contributed by atoms with van der Waals surface area (Å²) in [6.07, 6.45) is 5.01. The molecule has 0 unspecified atom stereocenters. The molecular weight excluding hydrogens is 340 g/mol. The number of pyridine rings is 3. The van der Waals surface area contributed by atoms with Gasteiger partial charge in [-0.2, -0.15) is 5.10 Å². The molecule has 2 N–H and O–H groups in total. The molecule has 27 heavy (non-hydrogen) atoms. The van der Waals surface area contributed by atoms with Gasteiger partial charge in [0, 0.05) is 23.5 Å². The first-order valence-electron chi connectivity index (χ1n) is 8.61. The minimum absolute atomic E-state index is 0.0336. The van der Waals surface area contributed by atoms with E-state index in [-0.39, 0.29) is 5.88 Å². The number of hydrogen-bond donors (Lipinski definition) is 2. The second kappa shape index (κ2) is 6.95. The molecule has 7 nitrogen and oxygen atoms in total. The SMILES string of the molecule is CC(C)c1cnnc(Nc2ccc3ncc(-c4cccnc4O)cc3n2)c1. The van der Waals surface area contributed by atoms with Crippen molar-refractivity contribution in [2.45, 2.75) is 19.8 Å². The number of aromatic hydroxyl groups is 1. The van der Waals surface area contributed by atoms with Gasteiger partial charge in [0.05, 0.1) is 17.2 Å². The molecule has 7 heteroatoms. The van der Waals surface area contributed by atoms with Crippen LogP contribution in [0.25, 0.3) is 22.2 Å². The highest BCUT2D eigenvalue weighted by atomic mass is 16.3. The summed E-state index contributed by atoms with van der Waals surface area (Å²) < 4.78 is 0. The first-order valence-corrected chi connectivity index (χ1v) is 8.61. The van der Waals surface area contributed by atoms with E-state index in [4.69, 9.17) is 0 Å². The van der Waals surface area contributed by atoms with E-state index >= 15 is 0 Å². The molecule has 4 rings (SSSR count). The average molecular weight is 358 g/mol. The van der Waals surface area contributed by atoms with E-state index in [9.17, 15) is 5.11 Å². The Morgan fingerprint density at radius 1 is 0.963 bits per heavy atom. The van der Waals surface area contributed by atoms with E-state index in [2.05, 4.69) is 44.3 Å². The van der Waals surface area contributed by atoms with Crippen molar-refractivity contribution in [2.24, 2.45) is 0 Å². The van der Waals surface area contributed by atoms with Gasteiger partial charge in [-0.1, -0.05) is 13.8 Å². The topological polar surface area (TPSA) is 96.7 Å². The number of nitrogens with zero attached hydrogens (tertiary/aromatic N) is 5. The summed E-state index contributed by atoms with van der Waals surface area (Å²) in [4.78, 5) is 13.0. The van der Waals surface area contributed by atoms with Crippen LogP contribution in [-0.2, 0) is 0 Å². The third kappa shape index (κ3) is 3.52. The molecule has 0 bridgehead atoms. The van der Waals surface area contributed by atoms with Crippen LogP contribution in [0.4, 0.5) is 11.6 Å². The molecule has 0 aliphatic heterocycles. The highest BCUT2D eigenvalue weighted by Crippen LogP contribution is 2.28. The third-order valence-electron chi connectivity index (χ3n) is 4.23. The number of hydrogen-bond acceptors (Lipinski definition) is 7. The number of anilines is 2. The average Bonchev–Trinajstić information content (AvgIpc) is 2.68. The molecule has 0 amide bonds. The quantitative estimate of drug-likeness (QED) is 0.568. The molecular formula is C20H18N6O. The zero-order valence-electron chi connectivity index (χ0n) is 15.0. The largest absolute Gasteiger partial charge is 0.493 e. The molecule has 4 aromatic rings. The molecule has 0 radical (unpaired) electrons. The predicted octanol–water partition coefficient (Wildman–Crippen LogP) is 4.05. The van der Waals surface area contributed by atoms with Crippen LogP contribution in [-0.4, -0.2) is 30.3 Å². The first-order chi connectivity index (χ1) is 13.1. The van der Waals surface area contributed by atoms with Crippen molar-refractivity contribution < 1.29 is 5.11 Å². The van der Waals surface area contributed by atoms with E-state index in [1.165, 1.54) is 0 Å². The Hall–Kier alpha value is -3.61. The number of aromatic nitrogens is 5. The fraction of sp³-hybridized carbons (Fsp3) is 0.150. The molecule has 0 aliphatic rings. The Morgan fingerprint density at radius 2 is 1.85 bits per heavy atom. The Bertz CT molecular complexity index is 1110. The van der Waals surface area contributed by atoms with Gasteiger partial charge in [0.1, 0.15) is 5.82 Å². The Balaban J connectivity index is 1.69. The van der Waals surface area contributed by atoms with Crippen LogP contribution in [0.15, 0.2) is 55.0 Å². The summed E-state index contributed by atoms with van der Waals surface area (Å²) >= 11 is 0. The van der Waals surface area contributed by atoms with Crippen molar-refractivity contribution in [1.82, 2.24) is 25.1 Å². The van der Waals surface area contributed by atoms with Gasteiger partial charge in [-0.3, -0.25) is 4.98 Å². The second-order valence-corrected chi connectivity index (χ2v) is 6.49. The van der Waals surface area contributed by atoms with E-state index in [0.717, 1.165) is 16.6 Å². The number of nitrogens with one attached hydrogen (secondary N) is 1. The van der Waals surface area contributed by atoms with E-state index in [0.29, 0.717) is 28.6 Å². The van der Waals surface area contributed by atoms with Crippen molar-refractivity contribution in [3.8, 4) is 17.0 Å². The van der Waals surface area contributed by atoms with E-state index in [1.54, 1.807) is 30.7 Å².